The lowest BCUT2D eigenvalue weighted by Crippen LogP contribution is -2.11. The fourth-order valence-corrected chi connectivity index (χ4v) is 2.37. The lowest BCUT2D eigenvalue weighted by Gasteiger charge is -2.19. The number of hydrogen-bond acceptors (Lipinski definition) is 2. The van der Waals surface area contributed by atoms with Gasteiger partial charge in [0.05, 0.1) is 15.8 Å². The second-order valence-electron chi connectivity index (χ2n) is 5.89. The minimum Gasteiger partial charge on any atom is -0.383 e. The minimum absolute atomic E-state index is 0.190. The molecule has 1 aromatic carbocycles. The number of rotatable bonds is 2. The zero-order chi connectivity index (χ0) is 14.2. The molecule has 102 valence electrons. The highest BCUT2D eigenvalue weighted by Crippen LogP contribution is 2.23. The number of anilines is 1. The molecule has 0 radical (unpaired) electrons. The van der Waals surface area contributed by atoms with Gasteiger partial charge in [0, 0.05) is 0 Å². The molecule has 0 atom stereocenters. The summed E-state index contributed by atoms with van der Waals surface area (Å²) in [7, 11) is 0. The Morgan fingerprint density at radius 2 is 1.79 bits per heavy atom. The first-order chi connectivity index (χ1) is 8.79. The van der Waals surface area contributed by atoms with Gasteiger partial charge in [-0.2, -0.15) is 5.10 Å². The summed E-state index contributed by atoms with van der Waals surface area (Å²) in [6.07, 6.45) is 0. The monoisotopic (exact) mass is 369 g/mol. The van der Waals surface area contributed by atoms with Crippen molar-refractivity contribution >= 4 is 28.4 Å². The maximum atomic E-state index is 6.04. The molecule has 0 unspecified atom stereocenters. The SMILES string of the molecule is Cc1nn(Cc2ccc(C(C)(C)C)cc2)c(N)c1I. The summed E-state index contributed by atoms with van der Waals surface area (Å²) >= 11 is 2.24. The standard InChI is InChI=1S/C15H20IN3/c1-10-13(16)14(17)19(18-10)9-11-5-7-12(8-6-11)15(2,3)4/h5-8H,9,17H2,1-4H3. The van der Waals surface area contributed by atoms with Crippen molar-refractivity contribution in [1.29, 1.82) is 0 Å². The fraction of sp³-hybridized carbons (Fsp3) is 0.400. The zero-order valence-corrected chi connectivity index (χ0v) is 14.0. The van der Waals surface area contributed by atoms with Gasteiger partial charge in [0.2, 0.25) is 0 Å². The Labute approximate surface area is 128 Å². The Kier molecular flexibility index (Phi) is 3.90. The van der Waals surface area contributed by atoms with Gasteiger partial charge < -0.3 is 5.73 Å². The predicted molar refractivity (Wildman–Crippen MR) is 88.3 cm³/mol. The van der Waals surface area contributed by atoms with Crippen LogP contribution in [-0.4, -0.2) is 9.78 Å². The first-order valence-corrected chi connectivity index (χ1v) is 7.44. The summed E-state index contributed by atoms with van der Waals surface area (Å²) in [6, 6.07) is 8.69. The molecule has 1 heterocycles. The Morgan fingerprint density at radius 3 is 2.21 bits per heavy atom. The van der Waals surface area contributed by atoms with Crippen molar-refractivity contribution in [3.63, 3.8) is 0 Å². The molecule has 2 rings (SSSR count). The van der Waals surface area contributed by atoms with Gasteiger partial charge in [0.25, 0.3) is 0 Å². The van der Waals surface area contributed by atoms with Gasteiger partial charge in [0.1, 0.15) is 5.82 Å². The number of nitrogen functional groups attached to an aromatic ring is 1. The van der Waals surface area contributed by atoms with E-state index in [1.165, 1.54) is 11.1 Å². The van der Waals surface area contributed by atoms with Gasteiger partial charge in [-0.3, -0.25) is 0 Å². The summed E-state index contributed by atoms with van der Waals surface area (Å²) in [4.78, 5) is 0. The lowest BCUT2D eigenvalue weighted by molar-refractivity contribution is 0.589. The van der Waals surface area contributed by atoms with Crippen LogP contribution in [0.4, 0.5) is 5.82 Å². The van der Waals surface area contributed by atoms with Crippen LogP contribution in [0, 0.1) is 10.5 Å². The number of aryl methyl sites for hydroxylation is 1. The van der Waals surface area contributed by atoms with E-state index >= 15 is 0 Å². The van der Waals surface area contributed by atoms with E-state index in [9.17, 15) is 0 Å². The number of aromatic nitrogens is 2. The first kappa shape index (κ1) is 14.4. The Balaban J connectivity index is 2.22. The molecule has 3 nitrogen and oxygen atoms in total. The van der Waals surface area contributed by atoms with Crippen LogP contribution >= 0.6 is 22.6 Å². The molecule has 0 aliphatic heterocycles. The Bertz CT molecular complexity index is 577. The molecule has 0 bridgehead atoms. The minimum atomic E-state index is 0.190. The van der Waals surface area contributed by atoms with Crippen molar-refractivity contribution in [2.45, 2.75) is 39.7 Å². The third-order valence-corrected chi connectivity index (χ3v) is 4.58. The number of nitrogens with zero attached hydrogens (tertiary/aromatic N) is 2. The van der Waals surface area contributed by atoms with Crippen LogP contribution in [0.1, 0.15) is 37.6 Å². The molecule has 4 heteroatoms. The van der Waals surface area contributed by atoms with Gasteiger partial charge in [-0.25, -0.2) is 4.68 Å². The third kappa shape index (κ3) is 3.11. The van der Waals surface area contributed by atoms with Crippen LogP contribution in [0.2, 0.25) is 0 Å². The fourth-order valence-electron chi connectivity index (χ4n) is 1.98. The van der Waals surface area contributed by atoms with Gasteiger partial charge in [-0.1, -0.05) is 45.0 Å². The molecule has 0 aliphatic carbocycles. The van der Waals surface area contributed by atoms with Crippen LogP contribution in [0.5, 0.6) is 0 Å². The average molecular weight is 369 g/mol. The molecule has 0 saturated carbocycles. The van der Waals surface area contributed by atoms with E-state index < -0.39 is 0 Å². The van der Waals surface area contributed by atoms with Gasteiger partial charge >= 0.3 is 0 Å². The van der Waals surface area contributed by atoms with Crippen molar-refractivity contribution in [3.05, 3.63) is 44.7 Å². The van der Waals surface area contributed by atoms with Gasteiger partial charge in [-0.15, -0.1) is 0 Å². The number of benzene rings is 1. The second kappa shape index (κ2) is 5.15. The van der Waals surface area contributed by atoms with E-state index in [-0.39, 0.29) is 5.41 Å². The Hall–Kier alpha value is -1.04. The zero-order valence-electron chi connectivity index (χ0n) is 11.9. The molecule has 0 saturated heterocycles. The highest BCUT2D eigenvalue weighted by atomic mass is 127. The molecular weight excluding hydrogens is 349 g/mol. The highest BCUT2D eigenvalue weighted by Gasteiger charge is 2.13. The van der Waals surface area contributed by atoms with E-state index in [2.05, 4.69) is 72.7 Å². The molecule has 2 aromatic rings. The Morgan fingerprint density at radius 1 is 1.21 bits per heavy atom. The third-order valence-electron chi connectivity index (χ3n) is 3.24. The van der Waals surface area contributed by atoms with E-state index in [0.29, 0.717) is 0 Å². The van der Waals surface area contributed by atoms with Crippen molar-refractivity contribution in [3.8, 4) is 0 Å². The topological polar surface area (TPSA) is 43.8 Å². The molecule has 0 amide bonds. The molecule has 1 aromatic heterocycles. The number of hydrogen-bond donors (Lipinski definition) is 1. The van der Waals surface area contributed by atoms with Crippen LogP contribution in [0.15, 0.2) is 24.3 Å². The molecule has 19 heavy (non-hydrogen) atoms. The summed E-state index contributed by atoms with van der Waals surface area (Å²) in [6.45, 7) is 9.37. The van der Waals surface area contributed by atoms with E-state index in [1.54, 1.807) is 0 Å². The molecule has 2 N–H and O–H groups in total. The number of nitrogens with two attached hydrogens (primary N) is 1. The predicted octanol–water partition coefficient (Wildman–Crippen LogP) is 3.72. The summed E-state index contributed by atoms with van der Waals surface area (Å²) < 4.78 is 2.91. The average Bonchev–Trinajstić information content (AvgIpc) is 2.57. The summed E-state index contributed by atoms with van der Waals surface area (Å²) in [5.74, 6) is 0.748. The second-order valence-corrected chi connectivity index (χ2v) is 6.97. The van der Waals surface area contributed by atoms with Gasteiger partial charge in [0.15, 0.2) is 0 Å². The van der Waals surface area contributed by atoms with Crippen LogP contribution < -0.4 is 5.73 Å². The van der Waals surface area contributed by atoms with E-state index in [0.717, 1.165) is 21.6 Å². The maximum absolute atomic E-state index is 6.04. The van der Waals surface area contributed by atoms with Crippen molar-refractivity contribution in [2.75, 3.05) is 5.73 Å². The normalized spacial score (nSPS) is 11.8. The maximum Gasteiger partial charge on any atom is 0.135 e. The largest absolute Gasteiger partial charge is 0.383 e. The molecular formula is C15H20IN3. The van der Waals surface area contributed by atoms with E-state index in [4.69, 9.17) is 5.73 Å². The molecule has 0 spiro atoms. The smallest absolute Gasteiger partial charge is 0.135 e. The van der Waals surface area contributed by atoms with Crippen molar-refractivity contribution in [2.24, 2.45) is 0 Å². The first-order valence-electron chi connectivity index (χ1n) is 6.37. The van der Waals surface area contributed by atoms with Crippen LogP contribution in [-0.2, 0) is 12.0 Å². The van der Waals surface area contributed by atoms with E-state index in [1.807, 2.05) is 11.6 Å². The van der Waals surface area contributed by atoms with Crippen LogP contribution in [0.3, 0.4) is 0 Å². The quantitative estimate of drug-likeness (QED) is 0.820. The number of halogens is 1. The summed E-state index contributed by atoms with van der Waals surface area (Å²) in [5, 5.41) is 4.46. The molecule has 0 aliphatic rings. The van der Waals surface area contributed by atoms with Gasteiger partial charge in [-0.05, 0) is 46.1 Å². The van der Waals surface area contributed by atoms with Crippen LogP contribution in [0.25, 0.3) is 0 Å². The van der Waals surface area contributed by atoms with Crippen molar-refractivity contribution in [1.82, 2.24) is 9.78 Å². The summed E-state index contributed by atoms with van der Waals surface area (Å²) in [5.41, 5.74) is 9.79. The molecule has 0 fully saturated rings. The lowest BCUT2D eigenvalue weighted by atomic mass is 9.87. The van der Waals surface area contributed by atoms with Crippen molar-refractivity contribution < 1.29 is 0 Å². The highest BCUT2D eigenvalue weighted by molar-refractivity contribution is 14.1.